The molecule has 2 rings (SSSR count). The lowest BCUT2D eigenvalue weighted by Gasteiger charge is -2.09. The molecule has 1 N–H and O–H groups in total. The van der Waals surface area contributed by atoms with Gasteiger partial charge in [0.1, 0.15) is 11.0 Å². The molecule has 16 heavy (non-hydrogen) atoms. The van der Waals surface area contributed by atoms with Gasteiger partial charge in [-0.25, -0.2) is 9.97 Å². The van der Waals surface area contributed by atoms with Gasteiger partial charge in [0, 0.05) is 30.4 Å². The van der Waals surface area contributed by atoms with Gasteiger partial charge in [-0.3, -0.25) is 0 Å². The number of fused-ring (bicyclic) bond motifs is 1. The molecule has 0 aliphatic rings. The maximum atomic E-state index is 5.91. The molecule has 0 aliphatic heterocycles. The van der Waals surface area contributed by atoms with Crippen LogP contribution in [0, 0.1) is 0 Å². The van der Waals surface area contributed by atoms with E-state index in [0.29, 0.717) is 5.15 Å². The number of anilines is 1. The maximum absolute atomic E-state index is 5.91. The molecule has 0 radical (unpaired) electrons. The highest BCUT2D eigenvalue weighted by atomic mass is 35.5. The number of aromatic nitrogens is 2. The molecule has 0 spiro atoms. The standard InChI is InChI=1S/C12H12ClN3/c1-7(2)9-5-16-12(14-3)10-6-15-11(13)4-8(9)10/h4-6H,1H2,2-3H3,(H,14,16). The number of nitrogens with one attached hydrogen (secondary N) is 1. The summed E-state index contributed by atoms with van der Waals surface area (Å²) in [6.45, 7) is 5.89. The van der Waals surface area contributed by atoms with Crippen LogP contribution < -0.4 is 5.32 Å². The normalized spacial score (nSPS) is 10.4. The molecular weight excluding hydrogens is 222 g/mol. The van der Waals surface area contributed by atoms with Crippen molar-refractivity contribution in [2.24, 2.45) is 0 Å². The summed E-state index contributed by atoms with van der Waals surface area (Å²) in [5.74, 6) is 0.796. The molecule has 0 saturated heterocycles. The van der Waals surface area contributed by atoms with Crippen molar-refractivity contribution in [2.75, 3.05) is 12.4 Å². The quantitative estimate of drug-likeness (QED) is 0.809. The van der Waals surface area contributed by atoms with Crippen LogP contribution in [0.25, 0.3) is 16.3 Å². The van der Waals surface area contributed by atoms with E-state index in [1.54, 1.807) is 12.4 Å². The number of pyridine rings is 2. The molecule has 0 aliphatic carbocycles. The molecule has 2 heterocycles. The van der Waals surface area contributed by atoms with Crippen LogP contribution in [0.1, 0.15) is 12.5 Å². The van der Waals surface area contributed by atoms with Gasteiger partial charge < -0.3 is 5.32 Å². The van der Waals surface area contributed by atoms with E-state index in [9.17, 15) is 0 Å². The van der Waals surface area contributed by atoms with Crippen LogP contribution in [0.3, 0.4) is 0 Å². The molecular formula is C12H12ClN3. The third-order valence-electron chi connectivity index (χ3n) is 2.44. The van der Waals surface area contributed by atoms with Crippen molar-refractivity contribution in [1.29, 1.82) is 0 Å². The molecule has 0 unspecified atom stereocenters. The van der Waals surface area contributed by atoms with Crippen molar-refractivity contribution in [3.05, 3.63) is 35.8 Å². The van der Waals surface area contributed by atoms with E-state index in [1.807, 2.05) is 20.0 Å². The van der Waals surface area contributed by atoms with Crippen LogP contribution in [0.2, 0.25) is 5.15 Å². The molecule has 0 amide bonds. The predicted octanol–water partition coefficient (Wildman–Crippen LogP) is 3.36. The summed E-state index contributed by atoms with van der Waals surface area (Å²) in [7, 11) is 1.83. The number of hydrogen-bond donors (Lipinski definition) is 1. The zero-order chi connectivity index (χ0) is 11.7. The van der Waals surface area contributed by atoms with Crippen molar-refractivity contribution in [2.45, 2.75) is 6.92 Å². The molecule has 82 valence electrons. The molecule has 2 aromatic rings. The highest BCUT2D eigenvalue weighted by Crippen LogP contribution is 2.28. The van der Waals surface area contributed by atoms with E-state index in [1.165, 1.54) is 0 Å². The SMILES string of the molecule is C=C(C)c1cnc(NC)c2cnc(Cl)cc12. The monoisotopic (exact) mass is 233 g/mol. The molecule has 0 aromatic carbocycles. The molecule has 4 heteroatoms. The Labute approximate surface area is 99.2 Å². The van der Waals surface area contributed by atoms with E-state index >= 15 is 0 Å². The van der Waals surface area contributed by atoms with Gasteiger partial charge in [0.15, 0.2) is 0 Å². The summed E-state index contributed by atoms with van der Waals surface area (Å²) in [5.41, 5.74) is 1.96. The first-order valence-electron chi connectivity index (χ1n) is 4.91. The summed E-state index contributed by atoms with van der Waals surface area (Å²) < 4.78 is 0. The Morgan fingerprint density at radius 2 is 2.06 bits per heavy atom. The van der Waals surface area contributed by atoms with Crippen molar-refractivity contribution in [3.63, 3.8) is 0 Å². The molecule has 3 nitrogen and oxygen atoms in total. The number of hydrogen-bond acceptors (Lipinski definition) is 3. The van der Waals surface area contributed by atoms with Crippen molar-refractivity contribution >= 4 is 33.8 Å². The fourth-order valence-corrected chi connectivity index (χ4v) is 1.81. The molecule has 0 atom stereocenters. The first-order chi connectivity index (χ1) is 7.63. The Balaban J connectivity index is 2.85. The zero-order valence-corrected chi connectivity index (χ0v) is 9.97. The van der Waals surface area contributed by atoms with Crippen LogP contribution in [0.4, 0.5) is 5.82 Å². The van der Waals surface area contributed by atoms with Gasteiger partial charge in [0.25, 0.3) is 0 Å². The number of rotatable bonds is 2. The van der Waals surface area contributed by atoms with E-state index in [4.69, 9.17) is 11.6 Å². The van der Waals surface area contributed by atoms with Gasteiger partial charge in [-0.05, 0) is 23.9 Å². The second kappa shape index (κ2) is 4.10. The average molecular weight is 234 g/mol. The Bertz CT molecular complexity index is 563. The van der Waals surface area contributed by atoms with Crippen LogP contribution in [0.15, 0.2) is 25.0 Å². The minimum atomic E-state index is 0.475. The van der Waals surface area contributed by atoms with E-state index in [2.05, 4.69) is 21.9 Å². The molecule has 0 bridgehead atoms. The van der Waals surface area contributed by atoms with Gasteiger partial charge in [0.05, 0.1) is 0 Å². The Morgan fingerprint density at radius 1 is 1.31 bits per heavy atom. The van der Waals surface area contributed by atoms with Crippen LogP contribution >= 0.6 is 11.6 Å². The Kier molecular flexibility index (Phi) is 2.79. The predicted molar refractivity (Wildman–Crippen MR) is 68.8 cm³/mol. The second-order valence-electron chi connectivity index (χ2n) is 3.60. The smallest absolute Gasteiger partial charge is 0.135 e. The van der Waals surface area contributed by atoms with Crippen LogP contribution in [-0.4, -0.2) is 17.0 Å². The van der Waals surface area contributed by atoms with Crippen LogP contribution in [-0.2, 0) is 0 Å². The minimum Gasteiger partial charge on any atom is -0.373 e. The highest BCUT2D eigenvalue weighted by Gasteiger charge is 2.08. The summed E-state index contributed by atoms with van der Waals surface area (Å²) >= 11 is 5.91. The average Bonchev–Trinajstić information content (AvgIpc) is 2.26. The Hall–Kier alpha value is -1.61. The third kappa shape index (κ3) is 1.74. The molecule has 0 saturated carbocycles. The summed E-state index contributed by atoms with van der Waals surface area (Å²) in [6.07, 6.45) is 3.52. The van der Waals surface area contributed by atoms with E-state index in [-0.39, 0.29) is 0 Å². The summed E-state index contributed by atoms with van der Waals surface area (Å²) in [6, 6.07) is 1.84. The van der Waals surface area contributed by atoms with Crippen molar-refractivity contribution < 1.29 is 0 Å². The minimum absolute atomic E-state index is 0.475. The first kappa shape index (κ1) is 10.9. The fraction of sp³-hybridized carbons (Fsp3) is 0.167. The summed E-state index contributed by atoms with van der Waals surface area (Å²) in [5, 5.41) is 5.48. The number of nitrogens with zero attached hydrogens (tertiary/aromatic N) is 2. The van der Waals surface area contributed by atoms with Gasteiger partial charge in [0.2, 0.25) is 0 Å². The molecule has 2 aromatic heterocycles. The van der Waals surface area contributed by atoms with E-state index in [0.717, 1.165) is 27.7 Å². The van der Waals surface area contributed by atoms with Gasteiger partial charge in [-0.2, -0.15) is 0 Å². The first-order valence-corrected chi connectivity index (χ1v) is 5.29. The summed E-state index contributed by atoms with van der Waals surface area (Å²) in [4.78, 5) is 8.39. The van der Waals surface area contributed by atoms with Crippen LogP contribution in [0.5, 0.6) is 0 Å². The Morgan fingerprint density at radius 3 is 2.69 bits per heavy atom. The van der Waals surface area contributed by atoms with Gasteiger partial charge in [-0.15, -0.1) is 0 Å². The lowest BCUT2D eigenvalue weighted by molar-refractivity contribution is 1.28. The van der Waals surface area contributed by atoms with Gasteiger partial charge >= 0.3 is 0 Å². The lowest BCUT2D eigenvalue weighted by atomic mass is 10.0. The number of allylic oxidation sites excluding steroid dienone is 1. The van der Waals surface area contributed by atoms with Crippen molar-refractivity contribution in [1.82, 2.24) is 9.97 Å². The third-order valence-corrected chi connectivity index (χ3v) is 2.64. The second-order valence-corrected chi connectivity index (χ2v) is 3.99. The molecule has 0 fully saturated rings. The highest BCUT2D eigenvalue weighted by molar-refractivity contribution is 6.30. The van der Waals surface area contributed by atoms with Gasteiger partial charge in [-0.1, -0.05) is 18.2 Å². The van der Waals surface area contributed by atoms with E-state index < -0.39 is 0 Å². The fourth-order valence-electron chi connectivity index (χ4n) is 1.65. The zero-order valence-electron chi connectivity index (χ0n) is 9.21. The number of halogens is 1. The topological polar surface area (TPSA) is 37.8 Å². The maximum Gasteiger partial charge on any atom is 0.135 e. The van der Waals surface area contributed by atoms with Crippen molar-refractivity contribution in [3.8, 4) is 0 Å². The lowest BCUT2D eigenvalue weighted by Crippen LogP contribution is -1.96. The largest absolute Gasteiger partial charge is 0.373 e.